The molecule has 8 heteroatoms. The summed E-state index contributed by atoms with van der Waals surface area (Å²) in [5, 5.41) is 70.6. The summed E-state index contributed by atoms with van der Waals surface area (Å²) in [5.74, 6) is -2.25. The second-order valence-electron chi connectivity index (χ2n) is 8.59. The molecular weight excluding hydrogens is 380 g/mol. The van der Waals surface area contributed by atoms with Crippen molar-refractivity contribution in [3.63, 3.8) is 0 Å². The van der Waals surface area contributed by atoms with Crippen LogP contribution >= 0.6 is 0 Å². The van der Waals surface area contributed by atoms with Crippen LogP contribution in [0.25, 0.3) is 0 Å². The molecule has 174 valence electrons. The number of aliphatic hydroxyl groups excluding tert-OH is 6. The standard InChI is InChI=1S/C21H42O8/c1-3-4-5-6-7-8-9-10-11-15(23)13-21(28)20(27)19(26)18(25)17(29-21)12-16(24)14(2)22/h14-20,22-28H,3-13H2,1-2H3/t14?,15?,16?,17?,18-,19+,20+,21+/m1/s1. The Morgan fingerprint density at radius 3 is 1.97 bits per heavy atom. The largest absolute Gasteiger partial charge is 0.393 e. The fourth-order valence-corrected chi connectivity index (χ4v) is 3.82. The highest BCUT2D eigenvalue weighted by Crippen LogP contribution is 2.34. The molecule has 29 heavy (non-hydrogen) atoms. The van der Waals surface area contributed by atoms with Gasteiger partial charge in [0.25, 0.3) is 0 Å². The van der Waals surface area contributed by atoms with Crippen LogP contribution in [0.15, 0.2) is 0 Å². The van der Waals surface area contributed by atoms with Crippen molar-refractivity contribution in [3.05, 3.63) is 0 Å². The maximum Gasteiger partial charge on any atom is 0.197 e. The third-order valence-corrected chi connectivity index (χ3v) is 5.82. The van der Waals surface area contributed by atoms with Crippen LogP contribution < -0.4 is 0 Å². The van der Waals surface area contributed by atoms with Gasteiger partial charge in [0.2, 0.25) is 0 Å². The highest BCUT2D eigenvalue weighted by Gasteiger charge is 2.53. The zero-order chi connectivity index (χ0) is 22.0. The van der Waals surface area contributed by atoms with Crippen molar-refractivity contribution in [2.75, 3.05) is 0 Å². The van der Waals surface area contributed by atoms with Crippen LogP contribution in [-0.2, 0) is 4.74 Å². The highest BCUT2D eigenvalue weighted by molar-refractivity contribution is 4.97. The lowest BCUT2D eigenvalue weighted by Gasteiger charge is -2.47. The first kappa shape index (κ1) is 26.7. The van der Waals surface area contributed by atoms with Crippen molar-refractivity contribution in [1.29, 1.82) is 0 Å². The van der Waals surface area contributed by atoms with E-state index in [1.807, 2.05) is 0 Å². The van der Waals surface area contributed by atoms with Crippen molar-refractivity contribution < 1.29 is 40.5 Å². The molecule has 0 bridgehead atoms. The van der Waals surface area contributed by atoms with Crippen LogP contribution in [-0.4, -0.2) is 84.3 Å². The van der Waals surface area contributed by atoms with Crippen molar-refractivity contribution in [3.8, 4) is 0 Å². The molecule has 1 aliphatic heterocycles. The molecule has 0 aromatic rings. The van der Waals surface area contributed by atoms with Gasteiger partial charge in [-0.15, -0.1) is 0 Å². The molecule has 0 aromatic heterocycles. The molecule has 8 nitrogen and oxygen atoms in total. The third-order valence-electron chi connectivity index (χ3n) is 5.82. The van der Waals surface area contributed by atoms with Gasteiger partial charge in [-0.1, -0.05) is 58.3 Å². The quantitative estimate of drug-likeness (QED) is 0.201. The van der Waals surface area contributed by atoms with Crippen LogP contribution in [0.4, 0.5) is 0 Å². The zero-order valence-corrected chi connectivity index (χ0v) is 17.9. The maximum absolute atomic E-state index is 10.7. The molecule has 4 unspecified atom stereocenters. The lowest BCUT2D eigenvalue weighted by atomic mass is 9.86. The first-order valence-electron chi connectivity index (χ1n) is 11.1. The minimum absolute atomic E-state index is 0.237. The average Bonchev–Trinajstić information content (AvgIpc) is 2.66. The minimum atomic E-state index is -2.25. The first-order chi connectivity index (χ1) is 13.6. The molecule has 1 aliphatic rings. The van der Waals surface area contributed by atoms with Crippen molar-refractivity contribution >= 4 is 0 Å². The Hall–Kier alpha value is -0.320. The molecule has 1 saturated heterocycles. The summed E-state index contributed by atoms with van der Waals surface area (Å²) < 4.78 is 5.41. The fourth-order valence-electron chi connectivity index (χ4n) is 3.82. The van der Waals surface area contributed by atoms with Crippen molar-refractivity contribution in [2.24, 2.45) is 0 Å². The van der Waals surface area contributed by atoms with E-state index in [0.29, 0.717) is 6.42 Å². The number of aliphatic hydroxyl groups is 7. The first-order valence-corrected chi connectivity index (χ1v) is 11.1. The number of rotatable bonds is 14. The molecule has 0 saturated carbocycles. The van der Waals surface area contributed by atoms with Crippen LogP contribution in [0.1, 0.15) is 84.5 Å². The second kappa shape index (κ2) is 13.2. The highest BCUT2D eigenvalue weighted by atomic mass is 16.7. The predicted octanol–water partition coefficient (Wildman–Crippen LogP) is 0.570. The van der Waals surface area contributed by atoms with Gasteiger partial charge in [0.1, 0.15) is 18.3 Å². The number of hydrogen-bond acceptors (Lipinski definition) is 8. The van der Waals surface area contributed by atoms with Crippen LogP contribution in [0.5, 0.6) is 0 Å². The van der Waals surface area contributed by atoms with Crippen LogP contribution in [0, 0.1) is 0 Å². The van der Waals surface area contributed by atoms with Crippen molar-refractivity contribution in [2.45, 2.75) is 133 Å². The lowest BCUT2D eigenvalue weighted by Crippen LogP contribution is -2.65. The van der Waals surface area contributed by atoms with E-state index in [1.54, 1.807) is 0 Å². The Morgan fingerprint density at radius 1 is 0.862 bits per heavy atom. The molecule has 7 N–H and O–H groups in total. The summed E-state index contributed by atoms with van der Waals surface area (Å²) in [6, 6.07) is 0. The van der Waals surface area contributed by atoms with E-state index in [4.69, 9.17) is 4.74 Å². The number of ether oxygens (including phenoxy) is 1. The van der Waals surface area contributed by atoms with Crippen LogP contribution in [0.3, 0.4) is 0 Å². The predicted molar refractivity (Wildman–Crippen MR) is 108 cm³/mol. The average molecular weight is 423 g/mol. The molecule has 1 rings (SSSR count). The van der Waals surface area contributed by atoms with Gasteiger partial charge in [-0.25, -0.2) is 0 Å². The second-order valence-corrected chi connectivity index (χ2v) is 8.59. The molecule has 0 spiro atoms. The van der Waals surface area contributed by atoms with Gasteiger partial charge in [0.05, 0.1) is 24.4 Å². The van der Waals surface area contributed by atoms with E-state index in [2.05, 4.69) is 6.92 Å². The molecular formula is C21H42O8. The Labute approximate surface area is 174 Å². The molecule has 8 atom stereocenters. The summed E-state index contributed by atoms with van der Waals surface area (Å²) in [5.41, 5.74) is 0. The molecule has 1 fully saturated rings. The van der Waals surface area contributed by atoms with Crippen LogP contribution in [0.2, 0.25) is 0 Å². The van der Waals surface area contributed by atoms with Gasteiger partial charge in [-0.2, -0.15) is 0 Å². The van der Waals surface area contributed by atoms with Gasteiger partial charge in [0.15, 0.2) is 5.79 Å². The Bertz CT molecular complexity index is 435. The topological polar surface area (TPSA) is 151 Å². The van der Waals surface area contributed by atoms with Gasteiger partial charge in [-0.3, -0.25) is 0 Å². The summed E-state index contributed by atoms with van der Waals surface area (Å²) in [4.78, 5) is 0. The summed E-state index contributed by atoms with van der Waals surface area (Å²) in [6.45, 7) is 3.55. The van der Waals surface area contributed by atoms with Gasteiger partial charge < -0.3 is 40.5 Å². The molecule has 0 radical (unpaired) electrons. The summed E-state index contributed by atoms with van der Waals surface area (Å²) in [7, 11) is 0. The Kier molecular flexibility index (Phi) is 12.1. The van der Waals surface area contributed by atoms with E-state index in [-0.39, 0.29) is 12.8 Å². The van der Waals surface area contributed by atoms with E-state index in [0.717, 1.165) is 19.3 Å². The summed E-state index contributed by atoms with van der Waals surface area (Å²) >= 11 is 0. The minimum Gasteiger partial charge on any atom is -0.393 e. The van der Waals surface area contributed by atoms with E-state index in [1.165, 1.54) is 39.0 Å². The maximum atomic E-state index is 10.7. The third kappa shape index (κ3) is 8.75. The molecule has 0 aromatic carbocycles. The van der Waals surface area contributed by atoms with Gasteiger partial charge in [-0.05, 0) is 13.3 Å². The zero-order valence-electron chi connectivity index (χ0n) is 17.9. The molecule has 0 aliphatic carbocycles. The molecule has 1 heterocycles. The number of hydrogen-bond donors (Lipinski definition) is 7. The summed E-state index contributed by atoms with van der Waals surface area (Å²) in [6.07, 6.45) is -0.697. The normalized spacial score (nSPS) is 33.4. The monoisotopic (exact) mass is 422 g/mol. The Balaban J connectivity index is 2.48. The lowest BCUT2D eigenvalue weighted by molar-refractivity contribution is -0.355. The van der Waals surface area contributed by atoms with Gasteiger partial charge >= 0.3 is 0 Å². The van der Waals surface area contributed by atoms with E-state index < -0.39 is 48.5 Å². The fraction of sp³-hybridized carbons (Fsp3) is 1.00. The van der Waals surface area contributed by atoms with Gasteiger partial charge in [0, 0.05) is 12.8 Å². The number of unbranched alkanes of at least 4 members (excludes halogenated alkanes) is 7. The smallest absolute Gasteiger partial charge is 0.197 e. The van der Waals surface area contributed by atoms with E-state index in [9.17, 15) is 35.7 Å². The van der Waals surface area contributed by atoms with Crippen molar-refractivity contribution in [1.82, 2.24) is 0 Å². The van der Waals surface area contributed by atoms with E-state index >= 15 is 0 Å². The molecule has 0 amide bonds. The SMILES string of the molecule is CCCCCCCCCCC(O)C[C@]1(O)OC(CC(O)C(C)O)[C@@H](O)[C@H](O)[C@@H]1O. The Morgan fingerprint density at radius 2 is 1.41 bits per heavy atom.